The molecule has 0 aromatic heterocycles. The number of rotatable bonds is 4. The number of amides is 1. The first kappa shape index (κ1) is 22.8. The van der Waals surface area contributed by atoms with Crippen LogP contribution < -0.4 is 0 Å². The van der Waals surface area contributed by atoms with E-state index >= 15 is 0 Å². The highest BCUT2D eigenvalue weighted by atomic mass is 32.2. The summed E-state index contributed by atoms with van der Waals surface area (Å²) in [5, 5.41) is 0. The fraction of sp³-hybridized carbons (Fsp3) is 0.458. The predicted octanol–water partition coefficient (Wildman–Crippen LogP) is 3.44. The van der Waals surface area contributed by atoms with E-state index in [0.29, 0.717) is 31.1 Å². The Morgan fingerprint density at radius 1 is 0.906 bits per heavy atom. The summed E-state index contributed by atoms with van der Waals surface area (Å²) in [6.45, 7) is 9.92. The van der Waals surface area contributed by atoms with Crippen molar-refractivity contribution in [2.45, 2.75) is 50.9 Å². The van der Waals surface area contributed by atoms with E-state index in [9.17, 15) is 13.2 Å². The normalized spacial score (nSPS) is 17.9. The van der Waals surface area contributed by atoms with Crippen LogP contribution in [0.25, 0.3) is 0 Å². The SMILES string of the molecule is CC(C)(C)OC(=O)N1CCN(Cc2ccc(S(=O)(=O)N3Cc4ccccc4C3)cc2)CC1. The summed E-state index contributed by atoms with van der Waals surface area (Å²) in [4.78, 5) is 16.5. The molecule has 2 aliphatic rings. The monoisotopic (exact) mass is 457 g/mol. The van der Waals surface area contributed by atoms with Crippen LogP contribution in [-0.4, -0.2) is 60.4 Å². The van der Waals surface area contributed by atoms with Crippen molar-refractivity contribution in [3.05, 3.63) is 65.2 Å². The van der Waals surface area contributed by atoms with Crippen LogP contribution in [-0.2, 0) is 34.4 Å². The van der Waals surface area contributed by atoms with Gasteiger partial charge in [-0.25, -0.2) is 13.2 Å². The molecule has 1 saturated heterocycles. The topological polar surface area (TPSA) is 70.2 Å². The highest BCUT2D eigenvalue weighted by Gasteiger charge is 2.30. The molecule has 8 heteroatoms. The summed E-state index contributed by atoms with van der Waals surface area (Å²) in [7, 11) is -3.53. The molecule has 32 heavy (non-hydrogen) atoms. The first-order valence-electron chi connectivity index (χ1n) is 11.0. The van der Waals surface area contributed by atoms with Crippen LogP contribution in [0.1, 0.15) is 37.5 Å². The van der Waals surface area contributed by atoms with Gasteiger partial charge in [0.05, 0.1) is 4.90 Å². The molecular formula is C24H31N3O4S. The standard InChI is InChI=1S/C24H31N3O4S/c1-24(2,3)31-23(28)26-14-12-25(13-15-26)16-19-8-10-22(11-9-19)32(29,30)27-17-20-6-4-5-7-21(20)18-27/h4-11H,12-18H2,1-3H3. The molecule has 1 amide bonds. The molecule has 4 rings (SSSR count). The van der Waals surface area contributed by atoms with E-state index in [1.807, 2.05) is 57.2 Å². The molecule has 0 aliphatic carbocycles. The van der Waals surface area contributed by atoms with Gasteiger partial charge < -0.3 is 9.64 Å². The summed E-state index contributed by atoms with van der Waals surface area (Å²) >= 11 is 0. The molecule has 2 aromatic rings. The Morgan fingerprint density at radius 2 is 1.47 bits per heavy atom. The number of benzene rings is 2. The van der Waals surface area contributed by atoms with Crippen molar-refractivity contribution in [2.75, 3.05) is 26.2 Å². The lowest BCUT2D eigenvalue weighted by molar-refractivity contribution is 0.0139. The fourth-order valence-electron chi connectivity index (χ4n) is 4.06. The largest absolute Gasteiger partial charge is 0.444 e. The van der Waals surface area contributed by atoms with Gasteiger partial charge in [0.15, 0.2) is 0 Å². The minimum atomic E-state index is -3.53. The van der Waals surface area contributed by atoms with E-state index in [1.165, 1.54) is 4.31 Å². The van der Waals surface area contributed by atoms with E-state index in [1.54, 1.807) is 17.0 Å². The number of hydrogen-bond acceptors (Lipinski definition) is 5. The van der Waals surface area contributed by atoms with Crippen LogP contribution in [0.3, 0.4) is 0 Å². The van der Waals surface area contributed by atoms with Gasteiger partial charge in [-0.15, -0.1) is 0 Å². The summed E-state index contributed by atoms with van der Waals surface area (Å²) in [6, 6.07) is 15.0. The van der Waals surface area contributed by atoms with Crippen LogP contribution in [0, 0.1) is 0 Å². The number of carbonyl (C=O) groups is 1. The van der Waals surface area contributed by atoms with Crippen molar-refractivity contribution < 1.29 is 17.9 Å². The van der Waals surface area contributed by atoms with E-state index in [-0.39, 0.29) is 6.09 Å². The van der Waals surface area contributed by atoms with Gasteiger partial charge >= 0.3 is 6.09 Å². The number of fused-ring (bicyclic) bond motifs is 1. The van der Waals surface area contributed by atoms with E-state index < -0.39 is 15.6 Å². The van der Waals surface area contributed by atoms with Gasteiger partial charge in [-0.05, 0) is 49.6 Å². The van der Waals surface area contributed by atoms with Crippen LogP contribution in [0.4, 0.5) is 4.79 Å². The predicted molar refractivity (Wildman–Crippen MR) is 122 cm³/mol. The second-order valence-electron chi connectivity index (χ2n) is 9.43. The minimum absolute atomic E-state index is 0.268. The molecule has 0 spiro atoms. The molecule has 7 nitrogen and oxygen atoms in total. The first-order chi connectivity index (χ1) is 15.1. The van der Waals surface area contributed by atoms with E-state index in [0.717, 1.165) is 36.3 Å². The third-order valence-corrected chi connectivity index (χ3v) is 7.61. The van der Waals surface area contributed by atoms with Crippen molar-refractivity contribution in [2.24, 2.45) is 0 Å². The van der Waals surface area contributed by atoms with E-state index in [2.05, 4.69) is 4.90 Å². The molecule has 0 saturated carbocycles. The fourth-order valence-corrected chi connectivity index (χ4v) is 5.46. The average Bonchev–Trinajstić information content (AvgIpc) is 3.19. The van der Waals surface area contributed by atoms with Crippen molar-refractivity contribution in [3.63, 3.8) is 0 Å². The van der Waals surface area contributed by atoms with Crippen LogP contribution in [0.5, 0.6) is 0 Å². The summed E-state index contributed by atoms with van der Waals surface area (Å²) in [5.41, 5.74) is 2.70. The van der Waals surface area contributed by atoms with Gasteiger partial charge in [0, 0.05) is 45.8 Å². The smallest absolute Gasteiger partial charge is 0.410 e. The van der Waals surface area contributed by atoms with Crippen LogP contribution in [0.15, 0.2) is 53.4 Å². The Kier molecular flexibility index (Phi) is 6.29. The van der Waals surface area contributed by atoms with Crippen molar-refractivity contribution in [3.8, 4) is 0 Å². The Morgan fingerprint density at radius 3 is 2.00 bits per heavy atom. The van der Waals surface area contributed by atoms with Gasteiger partial charge in [-0.2, -0.15) is 4.31 Å². The van der Waals surface area contributed by atoms with E-state index in [4.69, 9.17) is 4.74 Å². The van der Waals surface area contributed by atoms with Crippen molar-refractivity contribution in [1.82, 2.24) is 14.1 Å². The van der Waals surface area contributed by atoms with Gasteiger partial charge in [0.2, 0.25) is 10.0 Å². The zero-order valence-electron chi connectivity index (χ0n) is 19.0. The molecule has 0 radical (unpaired) electrons. The molecule has 0 atom stereocenters. The summed E-state index contributed by atoms with van der Waals surface area (Å²) in [5.74, 6) is 0. The Bertz CT molecular complexity index is 1040. The second-order valence-corrected chi connectivity index (χ2v) is 11.4. The number of piperazine rings is 1. The van der Waals surface area contributed by atoms with Crippen molar-refractivity contribution in [1.29, 1.82) is 0 Å². The third-order valence-electron chi connectivity index (χ3n) is 5.80. The molecule has 172 valence electrons. The first-order valence-corrected chi connectivity index (χ1v) is 12.4. The molecule has 2 heterocycles. The van der Waals surface area contributed by atoms with Crippen LogP contribution in [0.2, 0.25) is 0 Å². The van der Waals surface area contributed by atoms with Crippen LogP contribution >= 0.6 is 0 Å². The summed E-state index contributed by atoms with van der Waals surface area (Å²) in [6.07, 6.45) is -0.268. The maximum absolute atomic E-state index is 13.1. The van der Waals surface area contributed by atoms with Gasteiger partial charge in [-0.3, -0.25) is 4.90 Å². The molecule has 0 N–H and O–H groups in total. The Balaban J connectivity index is 1.32. The third kappa shape index (κ3) is 5.14. The quantitative estimate of drug-likeness (QED) is 0.703. The lowest BCUT2D eigenvalue weighted by Gasteiger charge is -2.35. The zero-order chi connectivity index (χ0) is 22.9. The molecular weight excluding hydrogens is 426 g/mol. The molecule has 0 unspecified atom stereocenters. The van der Waals surface area contributed by atoms with Gasteiger partial charge in [-0.1, -0.05) is 36.4 Å². The average molecular weight is 458 g/mol. The lowest BCUT2D eigenvalue weighted by Crippen LogP contribution is -2.49. The number of hydrogen-bond donors (Lipinski definition) is 0. The second kappa shape index (κ2) is 8.84. The lowest BCUT2D eigenvalue weighted by atomic mass is 10.1. The Labute approximate surface area is 190 Å². The summed E-state index contributed by atoms with van der Waals surface area (Å²) < 4.78 is 33.1. The number of ether oxygens (including phenoxy) is 1. The van der Waals surface area contributed by atoms with Crippen molar-refractivity contribution >= 4 is 16.1 Å². The minimum Gasteiger partial charge on any atom is -0.444 e. The Hall–Kier alpha value is -2.42. The maximum Gasteiger partial charge on any atom is 0.410 e. The van der Waals surface area contributed by atoms with Gasteiger partial charge in [0.1, 0.15) is 5.60 Å². The van der Waals surface area contributed by atoms with Gasteiger partial charge in [0.25, 0.3) is 0 Å². The zero-order valence-corrected chi connectivity index (χ0v) is 19.8. The molecule has 0 bridgehead atoms. The number of nitrogens with zero attached hydrogens (tertiary/aromatic N) is 3. The molecule has 1 fully saturated rings. The number of carbonyl (C=O) groups excluding carboxylic acids is 1. The highest BCUT2D eigenvalue weighted by molar-refractivity contribution is 7.89. The maximum atomic E-state index is 13.1. The molecule has 2 aliphatic heterocycles. The molecule has 2 aromatic carbocycles. The number of sulfonamides is 1. The highest BCUT2D eigenvalue weighted by Crippen LogP contribution is 2.28.